The largest absolute Gasteiger partial charge is 0.500 e. The van der Waals surface area contributed by atoms with Crippen molar-refractivity contribution in [2.75, 3.05) is 80.5 Å². The van der Waals surface area contributed by atoms with Crippen LogP contribution in [0.2, 0.25) is 6.04 Å². The molecule has 0 heterocycles. The Labute approximate surface area is 493 Å². The molecule has 6 aromatic carbocycles. The van der Waals surface area contributed by atoms with Gasteiger partial charge < -0.3 is 32.2 Å². The van der Waals surface area contributed by atoms with E-state index in [-0.39, 0.29) is 26.4 Å². The van der Waals surface area contributed by atoms with Crippen molar-refractivity contribution in [1.82, 2.24) is 0 Å². The third kappa shape index (κ3) is 25.6. The van der Waals surface area contributed by atoms with E-state index in [4.69, 9.17) is 32.2 Å². The molecule has 0 fully saturated rings. The monoisotopic (exact) mass is 1160 g/mol. The number of nitrogens with one attached hydrogen (secondary N) is 4. The Morgan fingerprint density at radius 3 is 1.23 bits per heavy atom. The Hall–Kier alpha value is -8.19. The third-order valence-electron chi connectivity index (χ3n) is 12.9. The number of carbonyl (C=O) groups is 4. The number of thioether (sulfide) groups is 1. The highest BCUT2D eigenvalue weighted by Gasteiger charge is 2.36. The van der Waals surface area contributed by atoms with Crippen molar-refractivity contribution < 1.29 is 51.4 Å². The standard InChI is InChI=1S/C66H76N4O11SSi/c1-75-83(76-2,77-3)45-21-43-82-44-38-54(27-12-14-40-79-64(72)68-60-35-16-29-56(49-60)47-58-31-18-37-62(51-58)70-66(74)81-42-20-33-53-24-9-5-10-25-53)26-11-6-13-39-78-63(71)67-59-34-15-28-55(48-59)46-57-30-17-36-61(50-57)69-65(73)80-41-19-32-52-22-7-4-8-23-52/h4-10,12-20,22-25,28-37,48-51,54H,11,21,26-27,38-47H2,1-3H3,(H,67,71)(H,68,72)(H,69,73)(H,70,74)/b13-6+,14-12+,32-19+,33-20+. The van der Waals surface area contributed by atoms with Crippen LogP contribution in [-0.2, 0) is 45.1 Å². The van der Waals surface area contributed by atoms with E-state index >= 15 is 0 Å². The minimum Gasteiger partial charge on any atom is -0.445 e. The molecule has 0 saturated heterocycles. The van der Waals surface area contributed by atoms with Gasteiger partial charge in [-0.05, 0) is 156 Å². The van der Waals surface area contributed by atoms with Gasteiger partial charge >= 0.3 is 33.2 Å². The Bertz CT molecular complexity index is 3040. The van der Waals surface area contributed by atoms with E-state index in [0.29, 0.717) is 41.5 Å². The first-order valence-electron chi connectivity index (χ1n) is 27.7. The summed E-state index contributed by atoms with van der Waals surface area (Å²) < 4.78 is 38.4. The normalized spacial score (nSPS) is 11.9. The fraction of sp³-hybridized carbons (Fsp3) is 0.273. The molecule has 0 aliphatic rings. The zero-order valence-corrected chi connectivity index (χ0v) is 49.3. The number of amides is 4. The quantitative estimate of drug-likeness (QED) is 0.0133. The van der Waals surface area contributed by atoms with Crippen LogP contribution in [0.25, 0.3) is 12.2 Å². The molecule has 1 atom stereocenters. The smallest absolute Gasteiger partial charge is 0.445 e. The highest BCUT2D eigenvalue weighted by molar-refractivity contribution is 7.99. The molecule has 1 unspecified atom stereocenters. The lowest BCUT2D eigenvalue weighted by Crippen LogP contribution is -2.42. The number of allylic oxidation sites excluding steroid dienone is 2. The fourth-order valence-electron chi connectivity index (χ4n) is 8.67. The van der Waals surface area contributed by atoms with Crippen molar-refractivity contribution in [3.8, 4) is 0 Å². The summed E-state index contributed by atoms with van der Waals surface area (Å²) >= 11 is 1.90. The van der Waals surface area contributed by atoms with Crippen molar-refractivity contribution in [2.45, 2.75) is 51.0 Å². The van der Waals surface area contributed by atoms with E-state index in [9.17, 15) is 19.2 Å². The van der Waals surface area contributed by atoms with Crippen molar-refractivity contribution in [3.63, 3.8) is 0 Å². The molecule has 17 heteroatoms. The van der Waals surface area contributed by atoms with Crippen LogP contribution >= 0.6 is 11.8 Å². The minimum atomic E-state index is -2.61. The molecule has 0 bridgehead atoms. The van der Waals surface area contributed by atoms with Gasteiger partial charge in [-0.2, -0.15) is 11.8 Å². The molecule has 6 aromatic rings. The summed E-state index contributed by atoms with van der Waals surface area (Å²) in [4.78, 5) is 50.5. The molecular weight excluding hydrogens is 1080 g/mol. The summed E-state index contributed by atoms with van der Waals surface area (Å²) in [6.45, 7) is 0.525. The molecule has 0 saturated carbocycles. The molecule has 0 aliphatic carbocycles. The SMILES string of the molecule is CO[Si](CCCSCCC(C/C=C/COC(=O)Nc1cccc(Cc2cccc(NC(=O)OC/C=C/c3ccccc3)c2)c1)CC/C=C/COC(=O)Nc1cccc(Cc2cccc(NC(=O)OC/C=C/c3ccccc3)c2)c1)(OC)OC. The van der Waals surface area contributed by atoms with Gasteiger partial charge in [-0.25, -0.2) is 19.2 Å². The average molecular weight is 1160 g/mol. The van der Waals surface area contributed by atoms with Crippen LogP contribution in [0.1, 0.15) is 65.5 Å². The van der Waals surface area contributed by atoms with Gasteiger partial charge in [0.25, 0.3) is 0 Å². The molecule has 436 valence electrons. The molecule has 0 aromatic heterocycles. The first-order valence-corrected chi connectivity index (χ1v) is 30.7. The molecule has 6 rings (SSSR count). The van der Waals surface area contributed by atoms with E-state index in [2.05, 4.69) is 27.3 Å². The Morgan fingerprint density at radius 2 is 0.831 bits per heavy atom. The van der Waals surface area contributed by atoms with Gasteiger partial charge in [-0.15, -0.1) is 0 Å². The van der Waals surface area contributed by atoms with Crippen LogP contribution in [-0.4, -0.2) is 92.4 Å². The Balaban J connectivity index is 0.900. The van der Waals surface area contributed by atoms with Gasteiger partial charge in [0, 0.05) is 50.1 Å². The van der Waals surface area contributed by atoms with E-state index in [0.717, 1.165) is 83.0 Å². The van der Waals surface area contributed by atoms with Crippen LogP contribution < -0.4 is 21.3 Å². The van der Waals surface area contributed by atoms with Crippen molar-refractivity contribution in [1.29, 1.82) is 0 Å². The molecule has 0 radical (unpaired) electrons. The molecule has 0 spiro atoms. The highest BCUT2D eigenvalue weighted by Crippen LogP contribution is 2.24. The summed E-state index contributed by atoms with van der Waals surface area (Å²) in [5, 5.41) is 11.2. The second-order valence-corrected chi connectivity index (χ2v) is 23.4. The molecule has 4 N–H and O–H groups in total. The van der Waals surface area contributed by atoms with E-state index in [1.807, 2.05) is 188 Å². The number of hydrogen-bond acceptors (Lipinski definition) is 12. The molecule has 0 aliphatic heterocycles. The maximum absolute atomic E-state index is 12.9. The highest BCUT2D eigenvalue weighted by atomic mass is 32.2. The fourth-order valence-corrected chi connectivity index (χ4v) is 11.7. The average Bonchev–Trinajstić information content (AvgIpc) is 3.52. The van der Waals surface area contributed by atoms with E-state index in [1.54, 1.807) is 45.6 Å². The Morgan fingerprint density at radius 1 is 0.446 bits per heavy atom. The summed E-state index contributed by atoms with van der Waals surface area (Å²) in [7, 11) is 2.29. The van der Waals surface area contributed by atoms with Crippen molar-refractivity contribution in [2.24, 2.45) is 5.92 Å². The number of hydrogen-bond donors (Lipinski definition) is 4. The lowest BCUT2D eigenvalue weighted by atomic mass is 9.96. The second-order valence-electron chi connectivity index (χ2n) is 19.1. The summed E-state index contributed by atoms with van der Waals surface area (Å²) in [6, 6.07) is 50.5. The summed E-state index contributed by atoms with van der Waals surface area (Å²) in [5.41, 5.74) is 8.38. The molecule has 83 heavy (non-hydrogen) atoms. The first kappa shape index (κ1) is 64.0. The van der Waals surface area contributed by atoms with Crippen molar-refractivity contribution >= 4 is 79.8 Å². The number of carbonyl (C=O) groups excluding carboxylic acids is 4. The van der Waals surface area contributed by atoms with Crippen LogP contribution in [0, 0.1) is 5.92 Å². The molecule has 15 nitrogen and oxygen atoms in total. The van der Waals surface area contributed by atoms with Crippen LogP contribution in [0.3, 0.4) is 0 Å². The number of rotatable bonds is 33. The minimum absolute atomic E-state index is 0.117. The van der Waals surface area contributed by atoms with Crippen molar-refractivity contribution in [3.05, 3.63) is 228 Å². The topological polar surface area (TPSA) is 181 Å². The lowest BCUT2D eigenvalue weighted by molar-refractivity contribution is 0.123. The van der Waals surface area contributed by atoms with E-state index < -0.39 is 33.2 Å². The van der Waals surface area contributed by atoms with Gasteiger partial charge in [-0.3, -0.25) is 21.3 Å². The van der Waals surface area contributed by atoms with Gasteiger partial charge in [0.05, 0.1) is 0 Å². The third-order valence-corrected chi connectivity index (χ3v) is 16.8. The number of ether oxygens (including phenoxy) is 4. The van der Waals surface area contributed by atoms with Gasteiger partial charge in [0.15, 0.2) is 0 Å². The molecule has 4 amide bonds. The maximum Gasteiger partial charge on any atom is 0.500 e. The number of anilines is 4. The second kappa shape index (κ2) is 37.0. The zero-order valence-electron chi connectivity index (χ0n) is 47.5. The lowest BCUT2D eigenvalue weighted by Gasteiger charge is -2.24. The predicted octanol–water partition coefficient (Wildman–Crippen LogP) is 15.5. The maximum atomic E-state index is 12.9. The van der Waals surface area contributed by atoms with Crippen LogP contribution in [0.15, 0.2) is 194 Å². The van der Waals surface area contributed by atoms with E-state index in [1.165, 1.54) is 0 Å². The van der Waals surface area contributed by atoms with Crippen LogP contribution in [0.5, 0.6) is 0 Å². The Kier molecular flexibility index (Phi) is 28.5. The number of benzene rings is 6. The zero-order chi connectivity index (χ0) is 58.6. The van der Waals surface area contributed by atoms with Gasteiger partial charge in [-0.1, -0.05) is 146 Å². The molecular formula is C66H76N4O11SSi. The van der Waals surface area contributed by atoms with Gasteiger partial charge in [0.2, 0.25) is 0 Å². The first-order chi connectivity index (χ1) is 40.6. The summed E-state index contributed by atoms with van der Waals surface area (Å²) in [5.74, 6) is 2.30. The predicted molar refractivity (Wildman–Crippen MR) is 336 cm³/mol. The van der Waals surface area contributed by atoms with Gasteiger partial charge in [0.1, 0.15) is 26.4 Å². The summed E-state index contributed by atoms with van der Waals surface area (Å²) in [6.07, 6.45) is 18.6. The van der Waals surface area contributed by atoms with Crippen LogP contribution in [0.4, 0.5) is 41.9 Å².